The minimum Gasteiger partial charge on any atom is -0.398 e. The Kier molecular flexibility index (Phi) is 6.24. The molecule has 0 saturated heterocycles. The molecule has 0 aliphatic heterocycles. The first-order chi connectivity index (χ1) is 14.1. The van der Waals surface area contributed by atoms with Crippen LogP contribution >= 0.6 is 0 Å². The van der Waals surface area contributed by atoms with Crippen molar-refractivity contribution in [3.63, 3.8) is 0 Å². The largest absolute Gasteiger partial charge is 0.398 e. The van der Waals surface area contributed by atoms with Crippen LogP contribution in [-0.2, 0) is 22.8 Å². The van der Waals surface area contributed by atoms with Gasteiger partial charge in [0.15, 0.2) is 9.84 Å². The molecule has 3 aromatic rings. The van der Waals surface area contributed by atoms with Crippen LogP contribution in [0.3, 0.4) is 0 Å². The number of nitrogens with two attached hydrogens (primary N) is 1. The van der Waals surface area contributed by atoms with E-state index < -0.39 is 21.5 Å². The minimum absolute atomic E-state index is 0.00329. The van der Waals surface area contributed by atoms with Gasteiger partial charge in [-0.2, -0.15) is 0 Å². The third-order valence-corrected chi connectivity index (χ3v) is 5.98. The van der Waals surface area contributed by atoms with E-state index in [1.807, 2.05) is 25.1 Å². The highest BCUT2D eigenvalue weighted by atomic mass is 32.2. The maximum atomic E-state index is 14.2. The second-order valence-electron chi connectivity index (χ2n) is 7.63. The van der Waals surface area contributed by atoms with Gasteiger partial charge in [-0.1, -0.05) is 24.3 Å². The van der Waals surface area contributed by atoms with Gasteiger partial charge in [-0.05, 0) is 61.1 Å². The predicted molar refractivity (Wildman–Crippen MR) is 116 cm³/mol. The van der Waals surface area contributed by atoms with Gasteiger partial charge in [-0.25, -0.2) is 17.2 Å². The lowest BCUT2D eigenvalue weighted by Crippen LogP contribution is -2.13. The summed E-state index contributed by atoms with van der Waals surface area (Å²) in [6, 6.07) is 13.9. The molecule has 3 rings (SSSR count). The van der Waals surface area contributed by atoms with E-state index in [2.05, 4.69) is 0 Å². The topological polar surface area (TPSA) is 63.4 Å². The fourth-order valence-corrected chi connectivity index (χ4v) is 4.01. The molecular weight excluding hydrogens is 406 g/mol. The SMILES string of the molecule is CN(C)Cc1cc(Cc2c(F)cccc2F)cc(-c2ccc(S(C)(=O)=O)cc2)c1N. The van der Waals surface area contributed by atoms with E-state index in [1.165, 1.54) is 30.3 Å². The first-order valence-electron chi connectivity index (χ1n) is 9.35. The number of nitrogen functional groups attached to an aromatic ring is 1. The van der Waals surface area contributed by atoms with E-state index in [-0.39, 0.29) is 16.9 Å². The number of hydrogen-bond acceptors (Lipinski definition) is 4. The van der Waals surface area contributed by atoms with Crippen LogP contribution in [0.1, 0.15) is 16.7 Å². The Morgan fingerprint density at radius 3 is 2.10 bits per heavy atom. The summed E-state index contributed by atoms with van der Waals surface area (Å²) in [5.74, 6) is -1.19. The third-order valence-electron chi connectivity index (χ3n) is 4.85. The van der Waals surface area contributed by atoms with Crippen LogP contribution in [0.5, 0.6) is 0 Å². The fraction of sp³-hybridized carbons (Fsp3) is 0.217. The first kappa shape index (κ1) is 21.9. The lowest BCUT2D eigenvalue weighted by atomic mass is 9.94. The molecule has 0 heterocycles. The van der Waals surface area contributed by atoms with E-state index in [1.54, 1.807) is 18.2 Å². The number of hydrogen-bond donors (Lipinski definition) is 1. The second kappa shape index (κ2) is 8.53. The van der Waals surface area contributed by atoms with Gasteiger partial charge < -0.3 is 10.6 Å². The van der Waals surface area contributed by atoms with Gasteiger partial charge in [-0.15, -0.1) is 0 Å². The highest BCUT2D eigenvalue weighted by Gasteiger charge is 2.15. The van der Waals surface area contributed by atoms with Gasteiger partial charge in [0.25, 0.3) is 0 Å². The number of nitrogens with zero attached hydrogens (tertiary/aromatic N) is 1. The van der Waals surface area contributed by atoms with Crippen molar-refractivity contribution in [2.45, 2.75) is 17.9 Å². The maximum Gasteiger partial charge on any atom is 0.175 e. The number of anilines is 1. The number of rotatable bonds is 6. The van der Waals surface area contributed by atoms with Gasteiger partial charge in [0.2, 0.25) is 0 Å². The molecule has 0 fully saturated rings. The number of halogens is 2. The molecule has 2 N–H and O–H groups in total. The molecule has 30 heavy (non-hydrogen) atoms. The first-order valence-corrected chi connectivity index (χ1v) is 11.2. The van der Waals surface area contributed by atoms with Crippen molar-refractivity contribution in [3.05, 3.63) is 82.9 Å². The van der Waals surface area contributed by atoms with Gasteiger partial charge in [-0.3, -0.25) is 0 Å². The van der Waals surface area contributed by atoms with Crippen LogP contribution in [-0.4, -0.2) is 33.7 Å². The van der Waals surface area contributed by atoms with Crippen molar-refractivity contribution < 1.29 is 17.2 Å². The Balaban J connectivity index is 2.11. The van der Waals surface area contributed by atoms with Crippen molar-refractivity contribution in [1.82, 2.24) is 4.90 Å². The van der Waals surface area contributed by atoms with Crippen LogP contribution in [0.15, 0.2) is 59.5 Å². The molecule has 3 aromatic carbocycles. The van der Waals surface area contributed by atoms with Crippen LogP contribution in [0.2, 0.25) is 0 Å². The van der Waals surface area contributed by atoms with Crippen molar-refractivity contribution in [1.29, 1.82) is 0 Å². The molecule has 0 aliphatic rings. The zero-order chi connectivity index (χ0) is 22.1. The molecule has 0 atom stereocenters. The summed E-state index contributed by atoms with van der Waals surface area (Å²) in [5, 5.41) is 0. The molecule has 0 bridgehead atoms. The van der Waals surface area contributed by atoms with E-state index in [4.69, 9.17) is 5.73 Å². The maximum absolute atomic E-state index is 14.2. The van der Waals surface area contributed by atoms with Crippen molar-refractivity contribution in [2.75, 3.05) is 26.1 Å². The highest BCUT2D eigenvalue weighted by molar-refractivity contribution is 7.90. The monoisotopic (exact) mass is 430 g/mol. The quantitative estimate of drug-likeness (QED) is 0.593. The number of sulfone groups is 1. The average molecular weight is 431 g/mol. The molecular formula is C23H24F2N2O2S. The van der Waals surface area contributed by atoms with Gasteiger partial charge in [0, 0.05) is 36.0 Å². The van der Waals surface area contributed by atoms with Crippen LogP contribution < -0.4 is 5.73 Å². The fourth-order valence-electron chi connectivity index (χ4n) is 3.38. The van der Waals surface area contributed by atoms with E-state index >= 15 is 0 Å². The Bertz CT molecular complexity index is 1150. The molecule has 0 spiro atoms. The third kappa shape index (κ3) is 4.86. The van der Waals surface area contributed by atoms with E-state index in [9.17, 15) is 17.2 Å². The van der Waals surface area contributed by atoms with Crippen LogP contribution in [0.4, 0.5) is 14.5 Å². The Labute approximate surface area is 175 Å². The molecule has 0 saturated carbocycles. The lowest BCUT2D eigenvalue weighted by molar-refractivity contribution is 0.403. The molecule has 158 valence electrons. The summed E-state index contributed by atoms with van der Waals surface area (Å²) in [7, 11) is 0.496. The average Bonchev–Trinajstić information content (AvgIpc) is 2.66. The standard InChI is InChI=1S/C23H24F2N2O2S/c1-27(2)14-17-11-15(13-20-21(24)5-4-6-22(20)25)12-19(23(17)26)16-7-9-18(10-8-16)30(3,28)29/h4-12H,13-14,26H2,1-3H3. The highest BCUT2D eigenvalue weighted by Crippen LogP contribution is 2.33. The van der Waals surface area contributed by atoms with E-state index in [0.29, 0.717) is 23.4 Å². The van der Waals surface area contributed by atoms with Crippen molar-refractivity contribution >= 4 is 15.5 Å². The summed E-state index contributed by atoms with van der Waals surface area (Å²) >= 11 is 0. The van der Waals surface area contributed by atoms with Crippen LogP contribution in [0.25, 0.3) is 11.1 Å². The Morgan fingerprint density at radius 2 is 1.57 bits per heavy atom. The molecule has 7 heteroatoms. The van der Waals surface area contributed by atoms with Gasteiger partial charge in [0.05, 0.1) is 4.90 Å². The summed E-state index contributed by atoms with van der Waals surface area (Å²) in [5.41, 5.74) is 9.94. The smallest absolute Gasteiger partial charge is 0.175 e. The predicted octanol–water partition coefficient (Wildman–Crippen LogP) is 4.27. The van der Waals surface area contributed by atoms with Crippen LogP contribution in [0, 0.1) is 11.6 Å². The Morgan fingerprint density at radius 1 is 0.967 bits per heavy atom. The minimum atomic E-state index is -3.32. The summed E-state index contributed by atoms with van der Waals surface area (Å²) in [4.78, 5) is 2.17. The van der Waals surface area contributed by atoms with E-state index in [0.717, 1.165) is 17.4 Å². The molecule has 0 unspecified atom stereocenters. The zero-order valence-electron chi connectivity index (χ0n) is 17.1. The van der Waals surface area contributed by atoms with Crippen molar-refractivity contribution in [3.8, 4) is 11.1 Å². The molecule has 4 nitrogen and oxygen atoms in total. The van der Waals surface area contributed by atoms with Gasteiger partial charge >= 0.3 is 0 Å². The summed E-state index contributed by atoms with van der Waals surface area (Å²) in [6.07, 6.45) is 1.22. The molecule has 0 radical (unpaired) electrons. The Hall–Kier alpha value is -2.77. The summed E-state index contributed by atoms with van der Waals surface area (Å²) in [6.45, 7) is 0.549. The normalized spacial score (nSPS) is 11.8. The number of benzene rings is 3. The summed E-state index contributed by atoms with van der Waals surface area (Å²) < 4.78 is 51.8. The van der Waals surface area contributed by atoms with Gasteiger partial charge in [0.1, 0.15) is 11.6 Å². The zero-order valence-corrected chi connectivity index (χ0v) is 17.9. The second-order valence-corrected chi connectivity index (χ2v) is 9.64. The molecule has 0 aliphatic carbocycles. The molecule has 0 amide bonds. The molecule has 0 aromatic heterocycles. The lowest BCUT2D eigenvalue weighted by Gasteiger charge is -2.18. The van der Waals surface area contributed by atoms with Crippen molar-refractivity contribution in [2.24, 2.45) is 0 Å².